The van der Waals surface area contributed by atoms with Gasteiger partial charge in [-0.15, -0.1) is 6.58 Å². The highest BCUT2D eigenvalue weighted by Gasteiger charge is 2.15. The molecule has 3 nitrogen and oxygen atoms in total. The van der Waals surface area contributed by atoms with Crippen LogP contribution in [0, 0.1) is 0 Å². The molecule has 82 valence electrons. The van der Waals surface area contributed by atoms with Crippen molar-refractivity contribution < 1.29 is 13.9 Å². The quantitative estimate of drug-likeness (QED) is 0.509. The van der Waals surface area contributed by atoms with E-state index in [1.165, 1.54) is 0 Å². The van der Waals surface area contributed by atoms with Gasteiger partial charge in [-0.3, -0.25) is 0 Å². The zero-order chi connectivity index (χ0) is 11.1. The molecule has 0 aromatic carbocycles. The number of ether oxygens (including phenoxy) is 2. The average molecular weight is 208 g/mol. The van der Waals surface area contributed by atoms with Crippen LogP contribution >= 0.6 is 0 Å². The van der Waals surface area contributed by atoms with Crippen LogP contribution in [0.25, 0.3) is 0 Å². The Hall–Kier alpha value is -1.32. The molecule has 3 heteroatoms. The van der Waals surface area contributed by atoms with Crippen molar-refractivity contribution in [1.29, 1.82) is 0 Å². The van der Waals surface area contributed by atoms with Gasteiger partial charge in [0.1, 0.15) is 0 Å². The van der Waals surface area contributed by atoms with Gasteiger partial charge in [-0.25, -0.2) is 0 Å². The fourth-order valence-corrected chi connectivity index (χ4v) is 1.25. The maximum atomic E-state index is 5.66. The van der Waals surface area contributed by atoms with E-state index in [-0.39, 0.29) is 6.10 Å². The minimum atomic E-state index is -0.412. The molecule has 0 aliphatic heterocycles. The first-order valence-corrected chi connectivity index (χ1v) is 4.75. The van der Waals surface area contributed by atoms with Crippen LogP contribution in [0.5, 0.6) is 0 Å². The van der Waals surface area contributed by atoms with Crippen LogP contribution < -0.4 is 0 Å². The molecule has 0 aliphatic rings. The second-order valence-electron chi connectivity index (χ2n) is 3.05. The van der Waals surface area contributed by atoms with Gasteiger partial charge in [-0.05, 0) is 18.6 Å². The van der Waals surface area contributed by atoms with E-state index in [2.05, 4.69) is 13.2 Å². The summed E-state index contributed by atoms with van der Waals surface area (Å²) >= 11 is 0. The summed E-state index contributed by atoms with van der Waals surface area (Å²) in [6, 6.07) is 1.87. The van der Waals surface area contributed by atoms with Crippen LogP contribution in [-0.2, 0) is 9.47 Å². The van der Waals surface area contributed by atoms with E-state index in [1.54, 1.807) is 31.8 Å². The molecule has 1 heterocycles. The van der Waals surface area contributed by atoms with Gasteiger partial charge in [-0.2, -0.15) is 0 Å². The molecule has 0 spiro atoms. The van der Waals surface area contributed by atoms with Gasteiger partial charge in [-0.1, -0.05) is 12.7 Å². The highest BCUT2D eigenvalue weighted by Crippen LogP contribution is 2.24. The molecule has 0 amide bonds. The third-order valence-corrected chi connectivity index (χ3v) is 2.02. The van der Waals surface area contributed by atoms with Crippen LogP contribution in [0.2, 0.25) is 0 Å². The maximum absolute atomic E-state index is 5.66. The van der Waals surface area contributed by atoms with Crippen molar-refractivity contribution in [2.24, 2.45) is 0 Å². The number of methoxy groups -OCH3 is 1. The standard InChI is InChI=1S/C12H16O3/c1-4-6-11(10-7-8-14-9-10)15-12(5-2)13-3/h4-5,7-9,11-12H,1-2,6H2,3H3/t11-,12-/m0/s1. The van der Waals surface area contributed by atoms with Crippen molar-refractivity contribution in [2.45, 2.75) is 18.8 Å². The summed E-state index contributed by atoms with van der Waals surface area (Å²) < 4.78 is 15.7. The molecule has 0 N–H and O–H groups in total. The van der Waals surface area contributed by atoms with Gasteiger partial charge in [0.05, 0.1) is 18.6 Å². The van der Waals surface area contributed by atoms with Crippen molar-refractivity contribution in [1.82, 2.24) is 0 Å². The zero-order valence-corrected chi connectivity index (χ0v) is 8.89. The molecular formula is C12H16O3. The lowest BCUT2D eigenvalue weighted by Gasteiger charge is -2.19. The van der Waals surface area contributed by atoms with E-state index < -0.39 is 6.29 Å². The average Bonchev–Trinajstić information content (AvgIpc) is 2.77. The van der Waals surface area contributed by atoms with Crippen LogP contribution in [0.1, 0.15) is 18.1 Å². The normalized spacial score (nSPS) is 14.5. The topological polar surface area (TPSA) is 31.6 Å². The predicted octanol–water partition coefficient (Wildman–Crippen LogP) is 3.07. The fourth-order valence-electron chi connectivity index (χ4n) is 1.25. The Labute approximate surface area is 90.0 Å². The van der Waals surface area contributed by atoms with Gasteiger partial charge in [0.25, 0.3) is 0 Å². The van der Waals surface area contributed by atoms with E-state index in [9.17, 15) is 0 Å². The fraction of sp³-hybridized carbons (Fsp3) is 0.333. The van der Waals surface area contributed by atoms with E-state index in [0.29, 0.717) is 6.42 Å². The summed E-state index contributed by atoms with van der Waals surface area (Å²) in [7, 11) is 1.58. The largest absolute Gasteiger partial charge is 0.472 e. The molecule has 2 atom stereocenters. The van der Waals surface area contributed by atoms with E-state index in [0.717, 1.165) is 5.56 Å². The Kier molecular flexibility index (Phi) is 4.87. The summed E-state index contributed by atoms with van der Waals surface area (Å²) in [5.74, 6) is 0. The minimum absolute atomic E-state index is 0.107. The molecule has 0 aliphatic carbocycles. The Morgan fingerprint density at radius 2 is 2.33 bits per heavy atom. The van der Waals surface area contributed by atoms with Crippen molar-refractivity contribution >= 4 is 0 Å². The number of furan rings is 1. The first-order chi connectivity index (χ1) is 7.31. The number of hydrogen-bond donors (Lipinski definition) is 0. The van der Waals surface area contributed by atoms with Gasteiger partial charge < -0.3 is 13.9 Å². The molecule has 1 aromatic rings. The third kappa shape index (κ3) is 3.38. The highest BCUT2D eigenvalue weighted by atomic mass is 16.7. The minimum Gasteiger partial charge on any atom is -0.472 e. The Morgan fingerprint density at radius 1 is 1.53 bits per heavy atom. The molecule has 0 saturated carbocycles. The molecular weight excluding hydrogens is 192 g/mol. The second-order valence-corrected chi connectivity index (χ2v) is 3.05. The van der Waals surface area contributed by atoms with Gasteiger partial charge in [0.15, 0.2) is 6.29 Å². The van der Waals surface area contributed by atoms with Crippen molar-refractivity contribution in [3.05, 3.63) is 49.5 Å². The van der Waals surface area contributed by atoms with Gasteiger partial charge in [0, 0.05) is 12.7 Å². The molecule has 0 radical (unpaired) electrons. The first-order valence-electron chi connectivity index (χ1n) is 4.75. The second kappa shape index (κ2) is 6.22. The van der Waals surface area contributed by atoms with Crippen LogP contribution in [0.4, 0.5) is 0 Å². The maximum Gasteiger partial charge on any atom is 0.177 e. The monoisotopic (exact) mass is 208 g/mol. The molecule has 0 fully saturated rings. The molecule has 0 unspecified atom stereocenters. The first kappa shape index (κ1) is 11.8. The lowest BCUT2D eigenvalue weighted by molar-refractivity contribution is -0.126. The molecule has 1 rings (SSSR count). The number of rotatable bonds is 7. The van der Waals surface area contributed by atoms with Crippen LogP contribution in [0.3, 0.4) is 0 Å². The molecule has 0 saturated heterocycles. The third-order valence-electron chi connectivity index (χ3n) is 2.02. The van der Waals surface area contributed by atoms with E-state index in [1.807, 2.05) is 6.07 Å². The van der Waals surface area contributed by atoms with Crippen molar-refractivity contribution in [2.75, 3.05) is 7.11 Å². The van der Waals surface area contributed by atoms with E-state index >= 15 is 0 Å². The van der Waals surface area contributed by atoms with Crippen LogP contribution in [0.15, 0.2) is 48.3 Å². The molecule has 0 bridgehead atoms. The van der Waals surface area contributed by atoms with Gasteiger partial charge in [0.2, 0.25) is 0 Å². The van der Waals surface area contributed by atoms with Crippen LogP contribution in [-0.4, -0.2) is 13.4 Å². The Balaban J connectivity index is 2.66. The Morgan fingerprint density at radius 3 is 2.80 bits per heavy atom. The predicted molar refractivity (Wildman–Crippen MR) is 58.3 cm³/mol. The summed E-state index contributed by atoms with van der Waals surface area (Å²) in [5, 5.41) is 0. The van der Waals surface area contributed by atoms with Crippen molar-refractivity contribution in [3.8, 4) is 0 Å². The summed E-state index contributed by atoms with van der Waals surface area (Å²) in [5.41, 5.74) is 0.971. The SMILES string of the molecule is C=CC[C@H](O[C@@H](C=C)OC)c1ccoc1. The molecule has 15 heavy (non-hydrogen) atoms. The lowest BCUT2D eigenvalue weighted by Crippen LogP contribution is -2.15. The summed E-state index contributed by atoms with van der Waals surface area (Å²) in [4.78, 5) is 0. The lowest BCUT2D eigenvalue weighted by atomic mass is 10.1. The smallest absolute Gasteiger partial charge is 0.177 e. The zero-order valence-electron chi connectivity index (χ0n) is 8.89. The summed E-state index contributed by atoms with van der Waals surface area (Å²) in [6.45, 7) is 7.32. The number of hydrogen-bond acceptors (Lipinski definition) is 3. The molecule has 1 aromatic heterocycles. The Bertz CT molecular complexity index is 290. The summed E-state index contributed by atoms with van der Waals surface area (Å²) in [6.07, 6.45) is 6.86. The highest BCUT2D eigenvalue weighted by molar-refractivity contribution is 5.10. The van der Waals surface area contributed by atoms with Crippen molar-refractivity contribution in [3.63, 3.8) is 0 Å². The van der Waals surface area contributed by atoms with E-state index in [4.69, 9.17) is 13.9 Å². The van der Waals surface area contributed by atoms with Gasteiger partial charge >= 0.3 is 0 Å².